The van der Waals surface area contributed by atoms with Crippen molar-refractivity contribution < 1.29 is 9.18 Å². The van der Waals surface area contributed by atoms with Gasteiger partial charge in [0.25, 0.3) is 5.91 Å². The number of anilines is 1. The lowest BCUT2D eigenvalue weighted by atomic mass is 10.2. The molecule has 0 radical (unpaired) electrons. The van der Waals surface area contributed by atoms with Crippen molar-refractivity contribution in [1.29, 1.82) is 5.26 Å². The highest BCUT2D eigenvalue weighted by molar-refractivity contribution is 6.34. The molecule has 2 aromatic rings. The average Bonchev–Trinajstić information content (AvgIpc) is 2.84. The van der Waals surface area contributed by atoms with Crippen molar-refractivity contribution in [3.05, 3.63) is 52.6 Å². The van der Waals surface area contributed by atoms with E-state index in [1.165, 1.54) is 24.1 Å². The molecule has 6 heteroatoms. The molecule has 19 heavy (non-hydrogen) atoms. The average molecular weight is 278 g/mol. The van der Waals surface area contributed by atoms with Gasteiger partial charge < -0.3 is 9.88 Å². The molecular weight excluding hydrogens is 269 g/mol. The molecule has 0 unspecified atom stereocenters. The summed E-state index contributed by atoms with van der Waals surface area (Å²) in [6.45, 7) is 0. The Hall–Kier alpha value is -2.32. The first-order valence-electron chi connectivity index (χ1n) is 5.35. The maximum absolute atomic E-state index is 13.2. The standard InChI is InChI=1S/C13H9ClFN3O/c1-18(13(19)12-10(14)4-5-17-12)9-2-3-11(15)8(6-9)7-16/h2-6,17H,1H3. The molecule has 0 aliphatic carbocycles. The molecule has 4 nitrogen and oxygen atoms in total. The number of aromatic nitrogens is 1. The fourth-order valence-electron chi connectivity index (χ4n) is 1.61. The predicted molar refractivity (Wildman–Crippen MR) is 69.7 cm³/mol. The number of halogens is 2. The highest BCUT2D eigenvalue weighted by Gasteiger charge is 2.18. The van der Waals surface area contributed by atoms with Crippen molar-refractivity contribution in [1.82, 2.24) is 4.98 Å². The summed E-state index contributed by atoms with van der Waals surface area (Å²) in [7, 11) is 1.52. The molecule has 0 atom stereocenters. The van der Waals surface area contributed by atoms with Crippen LogP contribution in [0.15, 0.2) is 30.5 Å². The number of carbonyl (C=O) groups excluding carboxylic acids is 1. The molecule has 1 amide bonds. The van der Waals surface area contributed by atoms with Gasteiger partial charge in [-0.05, 0) is 24.3 Å². The molecule has 2 rings (SSSR count). The predicted octanol–water partition coefficient (Wildman–Crippen LogP) is 2.96. The van der Waals surface area contributed by atoms with E-state index in [0.29, 0.717) is 10.7 Å². The zero-order valence-electron chi connectivity index (χ0n) is 9.95. The first-order chi connectivity index (χ1) is 9.04. The van der Waals surface area contributed by atoms with Gasteiger partial charge in [0, 0.05) is 18.9 Å². The monoisotopic (exact) mass is 277 g/mol. The van der Waals surface area contributed by atoms with Gasteiger partial charge in [0.05, 0.1) is 10.6 Å². The Balaban J connectivity index is 2.35. The Morgan fingerprint density at radius 3 is 2.79 bits per heavy atom. The van der Waals surface area contributed by atoms with Crippen LogP contribution in [-0.4, -0.2) is 17.9 Å². The first kappa shape index (κ1) is 13.1. The molecule has 0 bridgehead atoms. The Labute approximate surface area is 114 Å². The SMILES string of the molecule is CN(C(=O)c1[nH]ccc1Cl)c1ccc(F)c(C#N)c1. The van der Waals surface area contributed by atoms with E-state index < -0.39 is 5.82 Å². The van der Waals surface area contributed by atoms with Crippen LogP contribution in [0.25, 0.3) is 0 Å². The van der Waals surface area contributed by atoms with E-state index >= 15 is 0 Å². The minimum absolute atomic E-state index is 0.116. The van der Waals surface area contributed by atoms with Gasteiger partial charge in [-0.15, -0.1) is 0 Å². The van der Waals surface area contributed by atoms with Gasteiger partial charge in [0.2, 0.25) is 0 Å². The number of rotatable bonds is 2. The third-order valence-electron chi connectivity index (χ3n) is 2.67. The topological polar surface area (TPSA) is 59.9 Å². The van der Waals surface area contributed by atoms with Crippen molar-refractivity contribution in [3.63, 3.8) is 0 Å². The Morgan fingerprint density at radius 2 is 2.21 bits per heavy atom. The lowest BCUT2D eigenvalue weighted by molar-refractivity contribution is 0.0989. The smallest absolute Gasteiger partial charge is 0.275 e. The summed E-state index contributed by atoms with van der Waals surface area (Å²) < 4.78 is 13.2. The molecule has 0 saturated carbocycles. The number of nitriles is 1. The molecule has 1 heterocycles. The third kappa shape index (κ3) is 2.44. The van der Waals surface area contributed by atoms with Crippen LogP contribution in [0.5, 0.6) is 0 Å². The molecule has 1 aromatic heterocycles. The minimum Gasteiger partial charge on any atom is -0.356 e. The van der Waals surface area contributed by atoms with E-state index in [1.54, 1.807) is 18.3 Å². The number of hydrogen-bond acceptors (Lipinski definition) is 2. The van der Waals surface area contributed by atoms with Crippen molar-refractivity contribution in [3.8, 4) is 6.07 Å². The summed E-state index contributed by atoms with van der Waals surface area (Å²) in [5.41, 5.74) is 0.537. The zero-order valence-corrected chi connectivity index (χ0v) is 10.7. The number of amides is 1. The minimum atomic E-state index is -0.620. The maximum atomic E-state index is 13.2. The largest absolute Gasteiger partial charge is 0.356 e. The van der Waals surface area contributed by atoms with E-state index in [9.17, 15) is 9.18 Å². The lowest BCUT2D eigenvalue weighted by Crippen LogP contribution is -2.26. The Kier molecular flexibility index (Phi) is 3.54. The summed E-state index contributed by atoms with van der Waals surface area (Å²) in [6.07, 6.45) is 1.55. The van der Waals surface area contributed by atoms with Crippen LogP contribution < -0.4 is 4.90 Å². The second-order valence-corrected chi connectivity index (χ2v) is 4.25. The van der Waals surface area contributed by atoms with Gasteiger partial charge >= 0.3 is 0 Å². The number of benzene rings is 1. The molecule has 0 spiro atoms. The second-order valence-electron chi connectivity index (χ2n) is 3.84. The quantitative estimate of drug-likeness (QED) is 0.917. The van der Waals surface area contributed by atoms with E-state index in [2.05, 4.69) is 4.98 Å². The summed E-state index contributed by atoms with van der Waals surface area (Å²) in [5, 5.41) is 9.08. The molecule has 0 fully saturated rings. The second kappa shape index (κ2) is 5.12. The lowest BCUT2D eigenvalue weighted by Gasteiger charge is -2.17. The molecule has 0 saturated heterocycles. The summed E-state index contributed by atoms with van der Waals surface area (Å²) in [6, 6.07) is 7.17. The van der Waals surface area contributed by atoms with Crippen LogP contribution in [-0.2, 0) is 0 Å². The van der Waals surface area contributed by atoms with Gasteiger partial charge in [0.15, 0.2) is 0 Å². The van der Waals surface area contributed by atoms with Crippen LogP contribution in [0.3, 0.4) is 0 Å². The summed E-state index contributed by atoms with van der Waals surface area (Å²) in [5.74, 6) is -0.990. The molecule has 1 aromatic carbocycles. The highest BCUT2D eigenvalue weighted by atomic mass is 35.5. The van der Waals surface area contributed by atoms with Crippen LogP contribution >= 0.6 is 11.6 Å². The van der Waals surface area contributed by atoms with Crippen LogP contribution in [0.2, 0.25) is 5.02 Å². The van der Waals surface area contributed by atoms with Gasteiger partial charge in [-0.2, -0.15) is 5.26 Å². The van der Waals surface area contributed by atoms with Gasteiger partial charge in [-0.1, -0.05) is 11.6 Å². The summed E-state index contributed by atoms with van der Waals surface area (Å²) >= 11 is 5.86. The molecule has 0 aliphatic heterocycles. The zero-order chi connectivity index (χ0) is 14.0. The molecular formula is C13H9ClFN3O. The molecule has 1 N–H and O–H groups in total. The van der Waals surface area contributed by atoms with Gasteiger partial charge in [0.1, 0.15) is 17.6 Å². The van der Waals surface area contributed by atoms with Crippen LogP contribution in [0.4, 0.5) is 10.1 Å². The first-order valence-corrected chi connectivity index (χ1v) is 5.73. The van der Waals surface area contributed by atoms with Gasteiger partial charge in [-0.3, -0.25) is 4.79 Å². The van der Waals surface area contributed by atoms with E-state index in [1.807, 2.05) is 0 Å². The third-order valence-corrected chi connectivity index (χ3v) is 2.99. The number of carbonyl (C=O) groups is 1. The Morgan fingerprint density at radius 1 is 1.47 bits per heavy atom. The van der Waals surface area contributed by atoms with E-state index in [0.717, 1.165) is 6.07 Å². The van der Waals surface area contributed by atoms with Crippen molar-refractivity contribution in [2.45, 2.75) is 0 Å². The van der Waals surface area contributed by atoms with Crippen LogP contribution in [0, 0.1) is 17.1 Å². The normalized spacial score (nSPS) is 10.0. The molecule has 0 aliphatic rings. The highest BCUT2D eigenvalue weighted by Crippen LogP contribution is 2.21. The number of hydrogen-bond donors (Lipinski definition) is 1. The number of aromatic amines is 1. The summed E-state index contributed by atoms with van der Waals surface area (Å²) in [4.78, 5) is 16.2. The fourth-order valence-corrected chi connectivity index (χ4v) is 1.81. The van der Waals surface area contributed by atoms with Gasteiger partial charge in [-0.25, -0.2) is 4.39 Å². The number of nitrogens with one attached hydrogen (secondary N) is 1. The van der Waals surface area contributed by atoms with Crippen molar-refractivity contribution in [2.75, 3.05) is 11.9 Å². The maximum Gasteiger partial charge on any atom is 0.275 e. The van der Waals surface area contributed by atoms with Crippen LogP contribution in [0.1, 0.15) is 16.1 Å². The van der Waals surface area contributed by atoms with E-state index in [-0.39, 0.29) is 17.2 Å². The number of nitrogens with zero attached hydrogens (tertiary/aromatic N) is 2. The van der Waals surface area contributed by atoms with Crippen molar-refractivity contribution in [2.24, 2.45) is 0 Å². The van der Waals surface area contributed by atoms with E-state index in [4.69, 9.17) is 16.9 Å². The van der Waals surface area contributed by atoms with Crippen molar-refractivity contribution >= 4 is 23.2 Å². The Bertz CT molecular complexity index is 675. The fraction of sp³-hybridized carbons (Fsp3) is 0.0769. The number of H-pyrrole nitrogens is 1. The molecule has 96 valence electrons.